The molecule has 3 heterocycles. The molecule has 2 unspecified atom stereocenters. The second-order valence-electron chi connectivity index (χ2n) is 4.47. The van der Waals surface area contributed by atoms with Gasteiger partial charge in [-0.05, 0) is 19.3 Å². The summed E-state index contributed by atoms with van der Waals surface area (Å²) in [5.74, 6) is 0.0966. The Morgan fingerprint density at radius 3 is 3.17 bits per heavy atom. The summed E-state index contributed by atoms with van der Waals surface area (Å²) in [6, 6.07) is 0. The number of rotatable bonds is 2. The molecule has 1 aliphatic rings. The number of ether oxygens (including phenoxy) is 1. The van der Waals surface area contributed by atoms with Crippen LogP contribution in [0.2, 0.25) is 0 Å². The molecule has 0 amide bonds. The summed E-state index contributed by atoms with van der Waals surface area (Å²) in [6.45, 7) is 2.10. The third-order valence-electron chi connectivity index (χ3n) is 3.30. The van der Waals surface area contributed by atoms with Crippen LogP contribution in [0.25, 0.3) is 11.2 Å². The monoisotopic (exact) mass is 249 g/mol. The fourth-order valence-electron chi connectivity index (χ4n) is 2.35. The normalized spacial score (nSPS) is 23.8. The lowest BCUT2D eigenvalue weighted by Crippen LogP contribution is -2.14. The molecule has 18 heavy (non-hydrogen) atoms. The zero-order valence-corrected chi connectivity index (χ0v) is 10.1. The van der Waals surface area contributed by atoms with Crippen LogP contribution in [0.15, 0.2) is 11.1 Å². The molecule has 7 heteroatoms. The van der Waals surface area contributed by atoms with Gasteiger partial charge in [-0.1, -0.05) is 6.92 Å². The summed E-state index contributed by atoms with van der Waals surface area (Å²) >= 11 is 0. The highest BCUT2D eigenvalue weighted by Gasteiger charge is 2.27. The second-order valence-corrected chi connectivity index (χ2v) is 4.47. The number of hydrogen-bond donors (Lipinski definition) is 2. The van der Waals surface area contributed by atoms with Crippen molar-refractivity contribution in [3.8, 4) is 0 Å². The van der Waals surface area contributed by atoms with E-state index in [1.165, 1.54) is 0 Å². The number of nitrogen functional groups attached to an aromatic ring is 1. The number of aromatic amines is 1. The molecule has 0 aromatic carbocycles. The van der Waals surface area contributed by atoms with Gasteiger partial charge in [-0.3, -0.25) is 14.3 Å². The Kier molecular flexibility index (Phi) is 2.55. The third-order valence-corrected chi connectivity index (χ3v) is 3.30. The van der Waals surface area contributed by atoms with Crippen LogP contribution >= 0.6 is 0 Å². The number of nitrogens with zero attached hydrogens (tertiary/aromatic N) is 3. The molecule has 0 aliphatic carbocycles. The van der Waals surface area contributed by atoms with E-state index in [1.54, 1.807) is 10.9 Å². The Labute approximate surface area is 103 Å². The molecule has 0 spiro atoms. The highest BCUT2D eigenvalue weighted by atomic mass is 16.5. The van der Waals surface area contributed by atoms with Crippen LogP contribution in [0, 0.1) is 0 Å². The highest BCUT2D eigenvalue weighted by molar-refractivity contribution is 5.70. The number of anilines is 1. The SMILES string of the molecule is CCC1CCC(n2cnc3c(=O)[nH]c(N)nc32)O1. The maximum absolute atomic E-state index is 11.7. The molecular weight excluding hydrogens is 234 g/mol. The highest BCUT2D eigenvalue weighted by Crippen LogP contribution is 2.31. The van der Waals surface area contributed by atoms with Gasteiger partial charge in [-0.25, -0.2) is 4.98 Å². The summed E-state index contributed by atoms with van der Waals surface area (Å²) in [6.07, 6.45) is 4.66. The van der Waals surface area contributed by atoms with Crippen molar-refractivity contribution in [3.63, 3.8) is 0 Å². The molecule has 1 aliphatic heterocycles. The van der Waals surface area contributed by atoms with E-state index in [2.05, 4.69) is 21.9 Å². The molecular formula is C11H15N5O2. The summed E-state index contributed by atoms with van der Waals surface area (Å²) in [5.41, 5.74) is 6.02. The molecule has 2 aromatic rings. The van der Waals surface area contributed by atoms with E-state index < -0.39 is 0 Å². The van der Waals surface area contributed by atoms with Crippen molar-refractivity contribution >= 4 is 17.1 Å². The van der Waals surface area contributed by atoms with E-state index >= 15 is 0 Å². The molecule has 0 bridgehead atoms. The molecule has 96 valence electrons. The van der Waals surface area contributed by atoms with Crippen LogP contribution < -0.4 is 11.3 Å². The number of nitrogens with two attached hydrogens (primary N) is 1. The van der Waals surface area contributed by atoms with Gasteiger partial charge < -0.3 is 10.5 Å². The van der Waals surface area contributed by atoms with Crippen molar-refractivity contribution in [2.75, 3.05) is 5.73 Å². The van der Waals surface area contributed by atoms with Crippen molar-refractivity contribution in [2.24, 2.45) is 0 Å². The van der Waals surface area contributed by atoms with E-state index in [9.17, 15) is 4.79 Å². The summed E-state index contributed by atoms with van der Waals surface area (Å²) < 4.78 is 7.66. The van der Waals surface area contributed by atoms with Gasteiger partial charge in [0.2, 0.25) is 5.95 Å². The lowest BCUT2D eigenvalue weighted by atomic mass is 10.2. The van der Waals surface area contributed by atoms with Gasteiger partial charge in [-0.2, -0.15) is 4.98 Å². The Morgan fingerprint density at radius 2 is 2.44 bits per heavy atom. The zero-order valence-electron chi connectivity index (χ0n) is 10.1. The van der Waals surface area contributed by atoms with E-state index in [4.69, 9.17) is 10.5 Å². The Balaban J connectivity index is 2.05. The molecule has 0 radical (unpaired) electrons. The number of nitrogens with one attached hydrogen (secondary N) is 1. The van der Waals surface area contributed by atoms with Gasteiger partial charge in [0, 0.05) is 0 Å². The first kappa shape index (κ1) is 11.2. The van der Waals surface area contributed by atoms with Gasteiger partial charge in [0.1, 0.15) is 6.23 Å². The first-order chi connectivity index (χ1) is 8.69. The quantitative estimate of drug-likeness (QED) is 0.819. The predicted molar refractivity (Wildman–Crippen MR) is 66.0 cm³/mol. The van der Waals surface area contributed by atoms with Crippen LogP contribution in [0.4, 0.5) is 5.95 Å². The minimum absolute atomic E-state index is 0.0966. The Morgan fingerprint density at radius 1 is 1.61 bits per heavy atom. The maximum Gasteiger partial charge on any atom is 0.280 e. The molecule has 7 nitrogen and oxygen atoms in total. The lowest BCUT2D eigenvalue weighted by molar-refractivity contribution is 0.00290. The molecule has 0 saturated carbocycles. The summed E-state index contributed by atoms with van der Waals surface area (Å²) in [4.78, 5) is 22.3. The number of aromatic nitrogens is 4. The zero-order chi connectivity index (χ0) is 12.7. The maximum atomic E-state index is 11.7. The largest absolute Gasteiger partial charge is 0.369 e. The lowest BCUT2D eigenvalue weighted by Gasteiger charge is -2.14. The van der Waals surface area contributed by atoms with Crippen LogP contribution in [0.1, 0.15) is 32.4 Å². The van der Waals surface area contributed by atoms with Crippen molar-refractivity contribution in [1.82, 2.24) is 19.5 Å². The van der Waals surface area contributed by atoms with Gasteiger partial charge in [0.15, 0.2) is 11.2 Å². The average Bonchev–Trinajstić information content (AvgIpc) is 2.93. The first-order valence-electron chi connectivity index (χ1n) is 6.07. The van der Waals surface area contributed by atoms with Crippen LogP contribution in [0.3, 0.4) is 0 Å². The number of imidazole rings is 1. The van der Waals surface area contributed by atoms with Crippen molar-refractivity contribution in [3.05, 3.63) is 16.7 Å². The van der Waals surface area contributed by atoms with Crippen molar-refractivity contribution < 1.29 is 4.74 Å². The smallest absolute Gasteiger partial charge is 0.280 e. The van der Waals surface area contributed by atoms with Crippen molar-refractivity contribution in [1.29, 1.82) is 0 Å². The molecule has 3 N–H and O–H groups in total. The summed E-state index contributed by atoms with van der Waals surface area (Å²) in [5, 5.41) is 0. The van der Waals surface area contributed by atoms with Crippen molar-refractivity contribution in [2.45, 2.75) is 38.5 Å². The number of H-pyrrole nitrogens is 1. The minimum Gasteiger partial charge on any atom is -0.369 e. The molecule has 2 aromatic heterocycles. The molecule has 1 fully saturated rings. The first-order valence-corrected chi connectivity index (χ1v) is 6.07. The van der Waals surface area contributed by atoms with E-state index in [1.807, 2.05) is 0 Å². The third kappa shape index (κ3) is 1.67. The van der Waals surface area contributed by atoms with Gasteiger partial charge >= 0.3 is 0 Å². The molecule has 1 saturated heterocycles. The van der Waals surface area contributed by atoms with Gasteiger partial charge in [0.05, 0.1) is 12.4 Å². The van der Waals surface area contributed by atoms with E-state index in [0.29, 0.717) is 11.2 Å². The van der Waals surface area contributed by atoms with E-state index in [0.717, 1.165) is 19.3 Å². The van der Waals surface area contributed by atoms with Crippen LogP contribution in [-0.4, -0.2) is 25.6 Å². The topological polar surface area (TPSA) is 98.8 Å². The number of fused-ring (bicyclic) bond motifs is 1. The minimum atomic E-state index is -0.318. The predicted octanol–water partition coefficient (Wildman–Crippen LogP) is 0.789. The standard InChI is InChI=1S/C11H15N5O2/c1-2-6-3-4-7(18-6)16-5-13-8-9(16)14-11(12)15-10(8)17/h5-7H,2-4H2,1H3,(H3,12,14,15,17). The van der Waals surface area contributed by atoms with E-state index in [-0.39, 0.29) is 23.8 Å². The van der Waals surface area contributed by atoms with Crippen LogP contribution in [0.5, 0.6) is 0 Å². The van der Waals surface area contributed by atoms with Gasteiger partial charge in [0.25, 0.3) is 5.56 Å². The fraction of sp³-hybridized carbons (Fsp3) is 0.545. The van der Waals surface area contributed by atoms with Crippen LogP contribution in [-0.2, 0) is 4.74 Å². The molecule has 3 rings (SSSR count). The number of hydrogen-bond acceptors (Lipinski definition) is 5. The second kappa shape index (κ2) is 4.09. The fourth-order valence-corrected chi connectivity index (χ4v) is 2.35. The Bertz CT molecular complexity index is 632. The molecule has 2 atom stereocenters. The summed E-state index contributed by atoms with van der Waals surface area (Å²) in [7, 11) is 0. The van der Waals surface area contributed by atoms with Gasteiger partial charge in [-0.15, -0.1) is 0 Å². The average molecular weight is 249 g/mol. The Hall–Kier alpha value is -1.89.